The van der Waals surface area contributed by atoms with Crippen LogP contribution < -0.4 is 4.90 Å². The smallest absolute Gasteiger partial charge is 0.241 e. The maximum atomic E-state index is 12.8. The Bertz CT molecular complexity index is 805. The number of β-amino-alcohol motifs (C(OH)–C–C–N with tert-alkyl or cyclic N) is 1. The number of benzene rings is 1. The Labute approximate surface area is 153 Å². The van der Waals surface area contributed by atoms with E-state index in [1.54, 1.807) is 6.33 Å². The predicted molar refractivity (Wildman–Crippen MR) is 97.8 cm³/mol. The summed E-state index contributed by atoms with van der Waals surface area (Å²) in [6.07, 6.45) is 4.61. The predicted octanol–water partition coefficient (Wildman–Crippen LogP) is 0.774. The van der Waals surface area contributed by atoms with Gasteiger partial charge in [-0.05, 0) is 37.4 Å². The number of hydrogen-bond acceptors (Lipinski definition) is 5. The zero-order valence-electron chi connectivity index (χ0n) is 15.1. The number of aliphatic hydroxyl groups is 1. The molecule has 0 aliphatic carbocycles. The molecule has 138 valence electrons. The highest BCUT2D eigenvalue weighted by Gasteiger charge is 2.36. The van der Waals surface area contributed by atoms with Crippen molar-refractivity contribution in [2.24, 2.45) is 7.05 Å². The summed E-state index contributed by atoms with van der Waals surface area (Å²) < 4.78 is 1.84. The number of carbonyl (C=O) groups excluding carboxylic acids is 1. The summed E-state index contributed by atoms with van der Waals surface area (Å²) in [4.78, 5) is 16.8. The number of para-hydroxylation sites is 1. The number of nitrogens with zero attached hydrogens (tertiary/aromatic N) is 5. The first-order valence-corrected chi connectivity index (χ1v) is 9.20. The number of aromatic nitrogens is 3. The molecule has 0 radical (unpaired) electrons. The van der Waals surface area contributed by atoms with Gasteiger partial charge in [-0.15, -0.1) is 10.2 Å². The topological polar surface area (TPSA) is 74.5 Å². The number of fused-ring (bicyclic) bond motifs is 1. The Balaban J connectivity index is 1.41. The summed E-state index contributed by atoms with van der Waals surface area (Å²) in [5.74, 6) is 0.881. The molecule has 1 unspecified atom stereocenters. The van der Waals surface area contributed by atoms with Crippen LogP contribution in [-0.2, 0) is 24.7 Å². The van der Waals surface area contributed by atoms with Crippen LogP contribution in [0.1, 0.15) is 24.2 Å². The number of amides is 1. The normalized spacial score (nSPS) is 23.2. The number of anilines is 1. The quantitative estimate of drug-likeness (QED) is 0.877. The maximum absolute atomic E-state index is 12.8. The van der Waals surface area contributed by atoms with Crippen molar-refractivity contribution in [2.75, 3.05) is 31.1 Å². The molecule has 2 aliphatic rings. The molecule has 7 nitrogen and oxygen atoms in total. The molecule has 4 rings (SSSR count). The fraction of sp³-hybridized carbons (Fsp3) is 0.526. The lowest BCUT2D eigenvalue weighted by molar-refractivity contribution is -0.121. The fourth-order valence-corrected chi connectivity index (χ4v) is 4.12. The molecule has 1 saturated heterocycles. The van der Waals surface area contributed by atoms with Crippen LogP contribution in [0.25, 0.3) is 0 Å². The molecular formula is C19H25N5O2. The van der Waals surface area contributed by atoms with Gasteiger partial charge < -0.3 is 14.6 Å². The fourth-order valence-electron chi connectivity index (χ4n) is 4.12. The molecule has 2 aromatic rings. The lowest BCUT2D eigenvalue weighted by Crippen LogP contribution is -2.52. The third kappa shape index (κ3) is 3.37. The molecule has 3 heterocycles. The van der Waals surface area contributed by atoms with Crippen molar-refractivity contribution in [2.45, 2.75) is 31.3 Å². The third-order valence-corrected chi connectivity index (χ3v) is 5.47. The van der Waals surface area contributed by atoms with Gasteiger partial charge in [0, 0.05) is 32.2 Å². The Morgan fingerprint density at radius 2 is 2.15 bits per heavy atom. The average Bonchev–Trinajstić information content (AvgIpc) is 3.21. The molecule has 1 amide bonds. The Kier molecular flexibility index (Phi) is 4.50. The van der Waals surface area contributed by atoms with E-state index in [1.165, 1.54) is 5.56 Å². The Hall–Kier alpha value is -2.25. The molecule has 0 saturated carbocycles. The van der Waals surface area contributed by atoms with Crippen LogP contribution in [0, 0.1) is 0 Å². The van der Waals surface area contributed by atoms with E-state index in [9.17, 15) is 9.90 Å². The largest absolute Gasteiger partial charge is 0.388 e. The average molecular weight is 355 g/mol. The first-order valence-electron chi connectivity index (χ1n) is 9.20. The van der Waals surface area contributed by atoms with Gasteiger partial charge in [0.25, 0.3) is 0 Å². The maximum Gasteiger partial charge on any atom is 0.241 e. The van der Waals surface area contributed by atoms with Crippen molar-refractivity contribution in [1.29, 1.82) is 0 Å². The van der Waals surface area contributed by atoms with Crippen molar-refractivity contribution < 1.29 is 9.90 Å². The van der Waals surface area contributed by atoms with Gasteiger partial charge in [0.05, 0.1) is 12.1 Å². The molecular weight excluding hydrogens is 330 g/mol. The van der Waals surface area contributed by atoms with Gasteiger partial charge >= 0.3 is 0 Å². The highest BCUT2D eigenvalue weighted by molar-refractivity contribution is 5.96. The molecule has 0 spiro atoms. The Morgan fingerprint density at radius 3 is 2.96 bits per heavy atom. The van der Waals surface area contributed by atoms with Crippen LogP contribution in [0.3, 0.4) is 0 Å². The molecule has 2 aliphatic heterocycles. The van der Waals surface area contributed by atoms with Crippen LogP contribution >= 0.6 is 0 Å². The first-order chi connectivity index (χ1) is 12.5. The number of carbonyl (C=O) groups is 1. The van der Waals surface area contributed by atoms with Gasteiger partial charge in [-0.25, -0.2) is 0 Å². The van der Waals surface area contributed by atoms with E-state index in [1.807, 2.05) is 34.7 Å². The number of aryl methyl sites for hydroxylation is 1. The molecule has 7 heteroatoms. The lowest BCUT2D eigenvalue weighted by Gasteiger charge is -2.39. The molecule has 0 bridgehead atoms. The van der Waals surface area contributed by atoms with E-state index >= 15 is 0 Å². The van der Waals surface area contributed by atoms with E-state index in [-0.39, 0.29) is 5.91 Å². The van der Waals surface area contributed by atoms with Gasteiger partial charge in [-0.2, -0.15) is 0 Å². The minimum Gasteiger partial charge on any atom is -0.388 e. The molecule has 1 atom stereocenters. The van der Waals surface area contributed by atoms with Gasteiger partial charge in [0.1, 0.15) is 12.2 Å². The summed E-state index contributed by atoms with van der Waals surface area (Å²) >= 11 is 0. The third-order valence-electron chi connectivity index (χ3n) is 5.47. The minimum atomic E-state index is -0.859. The van der Waals surface area contributed by atoms with Crippen LogP contribution in [0.2, 0.25) is 0 Å². The van der Waals surface area contributed by atoms with Gasteiger partial charge in [0.2, 0.25) is 5.91 Å². The second-order valence-electron chi connectivity index (χ2n) is 7.50. The Morgan fingerprint density at radius 1 is 1.31 bits per heavy atom. The van der Waals surface area contributed by atoms with E-state index in [4.69, 9.17) is 0 Å². The van der Waals surface area contributed by atoms with Crippen molar-refractivity contribution >= 4 is 11.6 Å². The van der Waals surface area contributed by atoms with Gasteiger partial charge in [-0.1, -0.05) is 18.2 Å². The highest BCUT2D eigenvalue weighted by Crippen LogP contribution is 2.29. The monoisotopic (exact) mass is 355 g/mol. The van der Waals surface area contributed by atoms with Crippen LogP contribution in [0.15, 0.2) is 30.6 Å². The summed E-state index contributed by atoms with van der Waals surface area (Å²) in [7, 11) is 1.88. The second-order valence-corrected chi connectivity index (χ2v) is 7.50. The summed E-state index contributed by atoms with van der Waals surface area (Å²) in [6.45, 7) is 2.41. The van der Waals surface area contributed by atoms with E-state index in [0.29, 0.717) is 19.5 Å². The van der Waals surface area contributed by atoms with Crippen molar-refractivity contribution in [3.63, 3.8) is 0 Å². The molecule has 1 aromatic carbocycles. The highest BCUT2D eigenvalue weighted by atomic mass is 16.3. The number of likely N-dealkylation sites (tertiary alicyclic amines) is 1. The van der Waals surface area contributed by atoms with Crippen molar-refractivity contribution in [1.82, 2.24) is 19.7 Å². The van der Waals surface area contributed by atoms with Crippen molar-refractivity contribution in [3.05, 3.63) is 42.0 Å². The number of piperidine rings is 1. The second kappa shape index (κ2) is 6.81. The molecule has 1 fully saturated rings. The minimum absolute atomic E-state index is 0.109. The number of rotatable bonds is 4. The lowest BCUT2D eigenvalue weighted by atomic mass is 9.89. The van der Waals surface area contributed by atoms with E-state index in [0.717, 1.165) is 43.9 Å². The first kappa shape index (κ1) is 17.2. The molecule has 26 heavy (non-hydrogen) atoms. The van der Waals surface area contributed by atoms with E-state index in [2.05, 4.69) is 21.2 Å². The summed E-state index contributed by atoms with van der Waals surface area (Å²) in [5.41, 5.74) is 1.41. The van der Waals surface area contributed by atoms with Crippen molar-refractivity contribution in [3.8, 4) is 0 Å². The SMILES string of the molecule is Cn1cnnc1CC1(O)CCCN(CC(=O)N2CCc3ccccc32)C1. The molecule has 1 N–H and O–H groups in total. The van der Waals surface area contributed by atoms with Crippen LogP contribution in [-0.4, -0.2) is 62.5 Å². The van der Waals surface area contributed by atoms with Crippen LogP contribution in [0.4, 0.5) is 5.69 Å². The van der Waals surface area contributed by atoms with Gasteiger partial charge in [0.15, 0.2) is 0 Å². The summed E-state index contributed by atoms with van der Waals surface area (Å²) in [6, 6.07) is 8.10. The zero-order valence-corrected chi connectivity index (χ0v) is 15.1. The standard InChI is InChI=1S/C19H25N5O2/c1-22-14-20-21-17(22)11-19(26)8-4-9-23(13-19)12-18(25)24-10-7-15-5-2-3-6-16(15)24/h2-3,5-6,14,26H,4,7-13H2,1H3. The van der Waals surface area contributed by atoms with E-state index < -0.39 is 5.60 Å². The molecule has 1 aromatic heterocycles. The van der Waals surface area contributed by atoms with Gasteiger partial charge in [-0.3, -0.25) is 9.69 Å². The van der Waals surface area contributed by atoms with Crippen LogP contribution in [0.5, 0.6) is 0 Å². The summed E-state index contributed by atoms with van der Waals surface area (Å²) in [5, 5.41) is 19.0. The zero-order chi connectivity index (χ0) is 18.1. The number of hydrogen-bond donors (Lipinski definition) is 1.